The molecule has 1 N–H and O–H groups in total. The summed E-state index contributed by atoms with van der Waals surface area (Å²) in [6.07, 6.45) is 11.4. The molecule has 2 heterocycles. The third-order valence-corrected chi connectivity index (χ3v) is 7.59. The lowest BCUT2D eigenvalue weighted by Crippen LogP contribution is -2.46. The van der Waals surface area contributed by atoms with E-state index in [0.717, 1.165) is 37.9 Å². The van der Waals surface area contributed by atoms with E-state index in [2.05, 4.69) is 10.2 Å². The summed E-state index contributed by atoms with van der Waals surface area (Å²) >= 11 is 0. The number of nitrogens with one attached hydrogen (secondary N) is 1. The van der Waals surface area contributed by atoms with E-state index in [1.165, 1.54) is 51.4 Å². The molecular formula is C18H33N3O2S. The largest absolute Gasteiger partial charge is 0.356 e. The minimum atomic E-state index is -2.80. The van der Waals surface area contributed by atoms with Gasteiger partial charge in [0.2, 0.25) is 0 Å². The maximum absolute atomic E-state index is 11.6. The van der Waals surface area contributed by atoms with E-state index < -0.39 is 9.84 Å². The average molecular weight is 356 g/mol. The van der Waals surface area contributed by atoms with Crippen LogP contribution in [0.3, 0.4) is 0 Å². The molecule has 0 aromatic heterocycles. The van der Waals surface area contributed by atoms with E-state index in [1.807, 2.05) is 0 Å². The van der Waals surface area contributed by atoms with Crippen molar-refractivity contribution < 1.29 is 8.42 Å². The fraction of sp³-hybridized carbons (Fsp3) is 0.944. The molecule has 3 rings (SSSR count). The topological polar surface area (TPSA) is 61.8 Å². The number of rotatable bonds is 4. The van der Waals surface area contributed by atoms with Gasteiger partial charge in [0.1, 0.15) is 0 Å². The zero-order chi connectivity index (χ0) is 16.8. The van der Waals surface area contributed by atoms with E-state index in [-0.39, 0.29) is 5.92 Å². The number of guanidine groups is 1. The monoisotopic (exact) mass is 355 g/mol. The maximum atomic E-state index is 11.6. The molecule has 3 fully saturated rings. The fourth-order valence-electron chi connectivity index (χ4n) is 4.23. The van der Waals surface area contributed by atoms with Gasteiger partial charge in [-0.25, -0.2) is 8.42 Å². The molecule has 24 heavy (non-hydrogen) atoms. The summed E-state index contributed by atoms with van der Waals surface area (Å²) in [5.41, 5.74) is 0. The molecule has 138 valence electrons. The molecule has 2 saturated heterocycles. The number of piperidine rings is 1. The Hall–Kier alpha value is -0.780. The van der Waals surface area contributed by atoms with Crippen LogP contribution in [0.1, 0.15) is 57.8 Å². The van der Waals surface area contributed by atoms with Gasteiger partial charge in [0.25, 0.3) is 0 Å². The highest BCUT2D eigenvalue weighted by Gasteiger charge is 2.28. The van der Waals surface area contributed by atoms with E-state index in [4.69, 9.17) is 4.99 Å². The smallest absolute Gasteiger partial charge is 0.193 e. The third kappa shape index (κ3) is 5.36. The predicted octanol–water partition coefficient (Wildman–Crippen LogP) is 2.43. The molecule has 6 heteroatoms. The molecule has 1 aliphatic carbocycles. The van der Waals surface area contributed by atoms with Crippen molar-refractivity contribution in [3.63, 3.8) is 0 Å². The van der Waals surface area contributed by atoms with Crippen molar-refractivity contribution in [1.82, 2.24) is 10.2 Å². The first kappa shape index (κ1) is 18.0. The van der Waals surface area contributed by atoms with Crippen molar-refractivity contribution in [2.45, 2.75) is 57.8 Å². The molecule has 0 aromatic carbocycles. The zero-order valence-electron chi connectivity index (χ0n) is 14.9. The van der Waals surface area contributed by atoms with Gasteiger partial charge in [-0.05, 0) is 50.4 Å². The number of likely N-dealkylation sites (tertiary alicyclic amines) is 1. The Morgan fingerprint density at radius 1 is 0.958 bits per heavy atom. The zero-order valence-corrected chi connectivity index (χ0v) is 15.7. The molecule has 2 aliphatic heterocycles. The minimum absolute atomic E-state index is 0.214. The predicted molar refractivity (Wildman–Crippen MR) is 99.1 cm³/mol. The Bertz CT molecular complexity index is 520. The first-order valence-electron chi connectivity index (χ1n) is 9.86. The summed E-state index contributed by atoms with van der Waals surface area (Å²) in [6.45, 7) is 3.85. The molecule has 1 atom stereocenters. The van der Waals surface area contributed by atoms with Crippen molar-refractivity contribution in [2.24, 2.45) is 16.8 Å². The maximum Gasteiger partial charge on any atom is 0.193 e. The van der Waals surface area contributed by atoms with Crippen molar-refractivity contribution in [3.8, 4) is 0 Å². The highest BCUT2D eigenvalue weighted by Crippen LogP contribution is 2.23. The van der Waals surface area contributed by atoms with Gasteiger partial charge >= 0.3 is 0 Å². The second kappa shape index (κ2) is 8.54. The third-order valence-electron chi connectivity index (χ3n) is 5.76. The Labute approximate surface area is 147 Å². The molecular weight excluding hydrogens is 322 g/mol. The van der Waals surface area contributed by atoms with Crippen LogP contribution >= 0.6 is 0 Å². The Balaban J connectivity index is 1.56. The molecule has 0 bridgehead atoms. The van der Waals surface area contributed by atoms with Gasteiger partial charge in [0.05, 0.1) is 11.5 Å². The molecule has 0 radical (unpaired) electrons. The van der Waals surface area contributed by atoms with Crippen molar-refractivity contribution in [3.05, 3.63) is 0 Å². The average Bonchev–Trinajstić information content (AvgIpc) is 2.96. The summed E-state index contributed by atoms with van der Waals surface area (Å²) < 4.78 is 23.3. The van der Waals surface area contributed by atoms with Gasteiger partial charge in [-0.3, -0.25) is 4.99 Å². The van der Waals surface area contributed by atoms with Crippen molar-refractivity contribution in [1.29, 1.82) is 0 Å². The number of hydrogen-bond acceptors (Lipinski definition) is 3. The second-order valence-corrected chi connectivity index (χ2v) is 10.1. The first-order valence-corrected chi connectivity index (χ1v) is 11.7. The summed E-state index contributed by atoms with van der Waals surface area (Å²) in [5, 5.41) is 3.63. The second-order valence-electron chi connectivity index (χ2n) is 7.87. The van der Waals surface area contributed by atoms with Crippen molar-refractivity contribution in [2.75, 3.05) is 37.7 Å². The Kier molecular flexibility index (Phi) is 6.42. The van der Waals surface area contributed by atoms with Gasteiger partial charge in [-0.2, -0.15) is 0 Å². The summed E-state index contributed by atoms with van der Waals surface area (Å²) in [6, 6.07) is 0. The lowest BCUT2D eigenvalue weighted by molar-refractivity contribution is 0.316. The van der Waals surface area contributed by atoms with Crippen LogP contribution in [0.4, 0.5) is 0 Å². The lowest BCUT2D eigenvalue weighted by atomic mass is 9.89. The van der Waals surface area contributed by atoms with E-state index in [9.17, 15) is 8.42 Å². The molecule has 0 amide bonds. The lowest BCUT2D eigenvalue weighted by Gasteiger charge is -2.32. The number of nitrogens with zero attached hydrogens (tertiary/aromatic N) is 2. The van der Waals surface area contributed by atoms with Crippen molar-refractivity contribution >= 4 is 15.8 Å². The minimum Gasteiger partial charge on any atom is -0.356 e. The van der Waals surface area contributed by atoms with Crippen LogP contribution in [0, 0.1) is 11.8 Å². The molecule has 0 spiro atoms. The fourth-order valence-corrected chi connectivity index (χ4v) is 6.08. The molecule has 1 saturated carbocycles. The van der Waals surface area contributed by atoms with Crippen LogP contribution in [0.25, 0.3) is 0 Å². The van der Waals surface area contributed by atoms with Crippen LogP contribution < -0.4 is 5.32 Å². The summed E-state index contributed by atoms with van der Waals surface area (Å²) in [4.78, 5) is 7.23. The van der Waals surface area contributed by atoms with Gasteiger partial charge < -0.3 is 10.2 Å². The molecule has 5 nitrogen and oxygen atoms in total. The van der Waals surface area contributed by atoms with E-state index in [1.54, 1.807) is 0 Å². The number of aliphatic imine (C=N–C) groups is 1. The van der Waals surface area contributed by atoms with E-state index in [0.29, 0.717) is 18.1 Å². The van der Waals surface area contributed by atoms with Gasteiger partial charge in [0.15, 0.2) is 15.8 Å². The van der Waals surface area contributed by atoms with Crippen LogP contribution in [0.15, 0.2) is 4.99 Å². The quantitative estimate of drug-likeness (QED) is 0.621. The van der Waals surface area contributed by atoms with Gasteiger partial charge in [0, 0.05) is 26.2 Å². The highest BCUT2D eigenvalue weighted by molar-refractivity contribution is 7.91. The van der Waals surface area contributed by atoms with Gasteiger partial charge in [-0.1, -0.05) is 19.3 Å². The van der Waals surface area contributed by atoms with Crippen LogP contribution in [-0.2, 0) is 9.84 Å². The SMILES string of the molecule is O=S1(=O)CCC(CN=C(NCC2CCCCC2)N2CCCCC2)C1. The standard InChI is InChI=1S/C18H33N3O2S/c22-24(23)12-9-17(15-24)14-20-18(21-10-5-2-6-11-21)19-13-16-7-3-1-4-8-16/h16-17H,1-15H2,(H,19,20). The van der Waals surface area contributed by atoms with Crippen LogP contribution in [0.5, 0.6) is 0 Å². The molecule has 1 unspecified atom stereocenters. The first-order chi connectivity index (χ1) is 11.6. The Morgan fingerprint density at radius 3 is 2.33 bits per heavy atom. The molecule has 3 aliphatic rings. The van der Waals surface area contributed by atoms with Crippen LogP contribution in [-0.4, -0.2) is 57.0 Å². The molecule has 0 aromatic rings. The summed E-state index contributed by atoms with van der Waals surface area (Å²) in [7, 11) is -2.80. The Morgan fingerprint density at radius 2 is 1.67 bits per heavy atom. The number of sulfone groups is 1. The van der Waals surface area contributed by atoms with Gasteiger partial charge in [-0.15, -0.1) is 0 Å². The summed E-state index contributed by atoms with van der Waals surface area (Å²) in [5.74, 6) is 2.70. The van der Waals surface area contributed by atoms with E-state index >= 15 is 0 Å². The highest BCUT2D eigenvalue weighted by atomic mass is 32.2. The normalized spacial score (nSPS) is 28.9. The van der Waals surface area contributed by atoms with Crippen LogP contribution in [0.2, 0.25) is 0 Å². The number of hydrogen-bond donors (Lipinski definition) is 1.